The summed E-state index contributed by atoms with van der Waals surface area (Å²) in [6.45, 7) is 3.70. The van der Waals surface area contributed by atoms with E-state index in [1.54, 1.807) is 12.3 Å². The van der Waals surface area contributed by atoms with Crippen LogP contribution in [-0.2, 0) is 9.47 Å². The summed E-state index contributed by atoms with van der Waals surface area (Å²) in [6, 6.07) is 3.86. The van der Waals surface area contributed by atoms with Gasteiger partial charge in [0.25, 0.3) is 0 Å². The van der Waals surface area contributed by atoms with Crippen LogP contribution < -0.4 is 5.32 Å². The van der Waals surface area contributed by atoms with Crippen LogP contribution in [0.1, 0.15) is 41.9 Å². The number of pyridine rings is 1. The summed E-state index contributed by atoms with van der Waals surface area (Å²) in [7, 11) is 1.35. The second-order valence-corrected chi connectivity index (χ2v) is 4.58. The minimum Gasteiger partial charge on any atom is -0.464 e. The van der Waals surface area contributed by atoms with E-state index in [2.05, 4.69) is 15.0 Å². The molecule has 0 aromatic carbocycles. The predicted molar refractivity (Wildman–Crippen MR) is 71.0 cm³/mol. The van der Waals surface area contributed by atoms with Gasteiger partial charge in [-0.25, -0.2) is 9.78 Å². The Labute approximate surface area is 113 Å². The Morgan fingerprint density at radius 3 is 3.00 bits per heavy atom. The average molecular weight is 264 g/mol. The molecule has 5 heteroatoms. The van der Waals surface area contributed by atoms with Crippen LogP contribution in [0.15, 0.2) is 18.3 Å². The van der Waals surface area contributed by atoms with Crippen LogP contribution in [0.25, 0.3) is 0 Å². The molecule has 0 bridgehead atoms. The summed E-state index contributed by atoms with van der Waals surface area (Å²) in [5, 5.41) is 3.45. The van der Waals surface area contributed by atoms with Crippen molar-refractivity contribution in [1.29, 1.82) is 0 Å². The third kappa shape index (κ3) is 3.52. The van der Waals surface area contributed by atoms with Crippen molar-refractivity contribution in [2.75, 3.05) is 20.3 Å². The maximum atomic E-state index is 11.3. The summed E-state index contributed by atoms with van der Waals surface area (Å²) in [4.78, 5) is 15.5. The molecule has 1 N–H and O–H groups in total. The molecule has 1 aromatic rings. The van der Waals surface area contributed by atoms with Crippen LogP contribution in [0.2, 0.25) is 0 Å². The minimum absolute atomic E-state index is 0.240. The van der Waals surface area contributed by atoms with E-state index in [1.807, 2.05) is 13.0 Å². The van der Waals surface area contributed by atoms with Gasteiger partial charge in [0.05, 0.1) is 13.2 Å². The first kappa shape index (κ1) is 14.0. The molecule has 5 nitrogen and oxygen atoms in total. The molecule has 104 valence electrons. The van der Waals surface area contributed by atoms with Crippen molar-refractivity contribution >= 4 is 5.97 Å². The molecule has 0 spiro atoms. The Kier molecular flexibility index (Phi) is 4.87. The number of hydrogen-bond donors (Lipinski definition) is 1. The lowest BCUT2D eigenvalue weighted by molar-refractivity contribution is 0.0296. The second-order valence-electron chi connectivity index (χ2n) is 4.58. The first-order valence-electron chi connectivity index (χ1n) is 6.63. The number of esters is 1. The predicted octanol–water partition coefficient (Wildman–Crippen LogP) is 1.70. The summed E-state index contributed by atoms with van der Waals surface area (Å²) in [6.07, 6.45) is 4.01. The van der Waals surface area contributed by atoms with Crippen LogP contribution in [0.4, 0.5) is 0 Å². The number of carbonyl (C=O) groups excluding carboxylic acids is 1. The zero-order valence-electron chi connectivity index (χ0n) is 11.4. The van der Waals surface area contributed by atoms with Crippen LogP contribution in [0.5, 0.6) is 0 Å². The molecule has 0 unspecified atom stereocenters. The standard InChI is InChI=1S/C14H20N2O3/c1-3-19-11-6-7-15-13(8-11)10-4-5-12(16-9-10)14(17)18-2/h4-5,9,11,13,15H,3,6-8H2,1-2H3/t11-,13-/m0/s1. The molecule has 1 saturated heterocycles. The molecule has 1 aromatic heterocycles. The molecule has 2 heterocycles. The number of nitrogens with zero attached hydrogens (tertiary/aromatic N) is 1. The summed E-state index contributed by atoms with van der Waals surface area (Å²) in [5.41, 5.74) is 1.42. The third-order valence-electron chi connectivity index (χ3n) is 3.34. The number of rotatable bonds is 4. The van der Waals surface area contributed by atoms with Crippen molar-refractivity contribution in [2.24, 2.45) is 0 Å². The van der Waals surface area contributed by atoms with Gasteiger partial charge in [0.1, 0.15) is 5.69 Å². The molecule has 2 rings (SSSR count). The van der Waals surface area contributed by atoms with Crippen molar-refractivity contribution < 1.29 is 14.3 Å². The maximum absolute atomic E-state index is 11.3. The monoisotopic (exact) mass is 264 g/mol. The van der Waals surface area contributed by atoms with E-state index in [0.717, 1.165) is 31.6 Å². The molecule has 1 aliphatic heterocycles. The molecular formula is C14H20N2O3. The molecule has 0 saturated carbocycles. The lowest BCUT2D eigenvalue weighted by atomic mass is 9.96. The highest BCUT2D eigenvalue weighted by molar-refractivity contribution is 5.86. The van der Waals surface area contributed by atoms with Crippen molar-refractivity contribution in [3.63, 3.8) is 0 Å². The fourth-order valence-corrected chi connectivity index (χ4v) is 2.36. The van der Waals surface area contributed by atoms with Crippen molar-refractivity contribution in [3.05, 3.63) is 29.6 Å². The zero-order chi connectivity index (χ0) is 13.7. The van der Waals surface area contributed by atoms with E-state index >= 15 is 0 Å². The number of nitrogens with one attached hydrogen (secondary N) is 1. The number of carbonyl (C=O) groups is 1. The fourth-order valence-electron chi connectivity index (χ4n) is 2.36. The molecule has 1 aliphatic rings. The number of aromatic nitrogens is 1. The summed E-state index contributed by atoms with van der Waals surface area (Å²) < 4.78 is 10.3. The number of piperidine rings is 1. The molecule has 1 fully saturated rings. The Morgan fingerprint density at radius 1 is 1.53 bits per heavy atom. The average Bonchev–Trinajstić information content (AvgIpc) is 2.47. The lowest BCUT2D eigenvalue weighted by Crippen LogP contribution is -2.35. The molecule has 0 aliphatic carbocycles. The van der Waals surface area contributed by atoms with Gasteiger partial charge in [0.15, 0.2) is 0 Å². The second kappa shape index (κ2) is 6.63. The van der Waals surface area contributed by atoms with Crippen molar-refractivity contribution in [3.8, 4) is 0 Å². The van der Waals surface area contributed by atoms with Crippen molar-refractivity contribution in [2.45, 2.75) is 31.9 Å². The number of methoxy groups -OCH3 is 1. The largest absolute Gasteiger partial charge is 0.464 e. The molecule has 2 atom stereocenters. The van der Waals surface area contributed by atoms with E-state index in [1.165, 1.54) is 7.11 Å². The van der Waals surface area contributed by atoms with Gasteiger partial charge in [-0.3, -0.25) is 0 Å². The lowest BCUT2D eigenvalue weighted by Gasteiger charge is -2.30. The highest BCUT2D eigenvalue weighted by Gasteiger charge is 2.23. The number of hydrogen-bond acceptors (Lipinski definition) is 5. The topological polar surface area (TPSA) is 60.5 Å². The number of ether oxygens (including phenoxy) is 2. The highest BCUT2D eigenvalue weighted by atomic mass is 16.5. The van der Waals surface area contributed by atoms with E-state index in [9.17, 15) is 4.79 Å². The van der Waals surface area contributed by atoms with Gasteiger partial charge in [-0.15, -0.1) is 0 Å². The normalized spacial score (nSPS) is 23.1. The van der Waals surface area contributed by atoms with Gasteiger partial charge < -0.3 is 14.8 Å². The summed E-state index contributed by atoms with van der Waals surface area (Å²) >= 11 is 0. The zero-order valence-corrected chi connectivity index (χ0v) is 11.4. The Hall–Kier alpha value is -1.46. The Bertz CT molecular complexity index is 417. The van der Waals surface area contributed by atoms with E-state index < -0.39 is 5.97 Å². The van der Waals surface area contributed by atoms with Gasteiger partial charge in [-0.1, -0.05) is 6.07 Å². The van der Waals surface area contributed by atoms with Gasteiger partial charge in [-0.05, 0) is 37.9 Å². The van der Waals surface area contributed by atoms with Crippen LogP contribution in [-0.4, -0.2) is 37.3 Å². The van der Waals surface area contributed by atoms with Gasteiger partial charge in [0.2, 0.25) is 0 Å². The van der Waals surface area contributed by atoms with Gasteiger partial charge in [-0.2, -0.15) is 0 Å². The minimum atomic E-state index is -0.407. The van der Waals surface area contributed by atoms with E-state index in [4.69, 9.17) is 4.74 Å². The van der Waals surface area contributed by atoms with E-state index in [-0.39, 0.29) is 6.04 Å². The summed E-state index contributed by atoms with van der Waals surface area (Å²) in [5.74, 6) is -0.407. The van der Waals surface area contributed by atoms with E-state index in [0.29, 0.717) is 11.8 Å². The molecular weight excluding hydrogens is 244 g/mol. The molecule has 0 radical (unpaired) electrons. The quantitative estimate of drug-likeness (QED) is 0.839. The van der Waals surface area contributed by atoms with Gasteiger partial charge in [0, 0.05) is 18.8 Å². The maximum Gasteiger partial charge on any atom is 0.356 e. The van der Waals surface area contributed by atoms with Gasteiger partial charge >= 0.3 is 5.97 Å². The Balaban J connectivity index is 2.03. The molecule has 19 heavy (non-hydrogen) atoms. The molecule has 0 amide bonds. The first-order chi connectivity index (χ1) is 9.24. The van der Waals surface area contributed by atoms with Crippen LogP contribution >= 0.6 is 0 Å². The van der Waals surface area contributed by atoms with Crippen LogP contribution in [0, 0.1) is 0 Å². The third-order valence-corrected chi connectivity index (χ3v) is 3.34. The highest BCUT2D eigenvalue weighted by Crippen LogP contribution is 2.24. The smallest absolute Gasteiger partial charge is 0.356 e. The Morgan fingerprint density at radius 2 is 2.37 bits per heavy atom. The fraction of sp³-hybridized carbons (Fsp3) is 0.571. The van der Waals surface area contributed by atoms with Crippen LogP contribution in [0.3, 0.4) is 0 Å². The SMILES string of the molecule is CCO[C@H]1CCN[C@H](c2ccc(C(=O)OC)nc2)C1. The first-order valence-corrected chi connectivity index (χ1v) is 6.63. The van der Waals surface area contributed by atoms with Crippen molar-refractivity contribution in [1.82, 2.24) is 10.3 Å².